The molecule has 0 amide bonds. The third-order valence-corrected chi connectivity index (χ3v) is 11.8. The molecule has 0 aliphatic rings. The molecule has 11 aromatic rings. The van der Waals surface area contributed by atoms with Gasteiger partial charge in [-0.3, -0.25) is 0 Å². The second-order valence-electron chi connectivity index (χ2n) is 12.4. The molecule has 238 valence electrons. The highest BCUT2D eigenvalue weighted by Crippen LogP contribution is 2.44. The number of aromatic nitrogens is 4. The van der Waals surface area contributed by atoms with Gasteiger partial charge in [-0.1, -0.05) is 109 Å². The molecule has 0 N–H and O–H groups in total. The Labute approximate surface area is 307 Å². The molecule has 0 saturated carbocycles. The number of para-hydroxylation sites is 1. The van der Waals surface area contributed by atoms with Crippen LogP contribution in [-0.2, 0) is 0 Å². The molecule has 6 heteroatoms. The van der Waals surface area contributed by atoms with Crippen LogP contribution in [0.5, 0.6) is 0 Å². The molecule has 11 rings (SSSR count). The highest BCUT2D eigenvalue weighted by atomic mass is 32.1. The first kappa shape index (κ1) is 24.0. The summed E-state index contributed by atoms with van der Waals surface area (Å²) >= 11 is 3.53. The quantitative estimate of drug-likeness (QED) is 0.184. The monoisotopic (exact) mass is 691 g/mol. The van der Waals surface area contributed by atoms with E-state index in [9.17, 15) is 0 Å². The van der Waals surface area contributed by atoms with Crippen LogP contribution in [0.2, 0.25) is 0 Å². The fraction of sp³-hybridized carbons (Fsp3) is 0. The van der Waals surface area contributed by atoms with E-state index in [0.29, 0.717) is 11.6 Å². The van der Waals surface area contributed by atoms with E-state index < -0.39 is 18.1 Å². The molecule has 0 radical (unpaired) electrons. The molecule has 0 aliphatic heterocycles. The molecule has 51 heavy (non-hydrogen) atoms. The summed E-state index contributed by atoms with van der Waals surface area (Å²) in [4.78, 5) is 14.2. The molecular weight excluding hydrogens is 661 g/mol. The largest absolute Gasteiger partial charge is 0.309 e. The third-order valence-electron chi connectivity index (χ3n) is 9.54. The zero-order valence-corrected chi connectivity index (χ0v) is 28.4. The van der Waals surface area contributed by atoms with E-state index in [1.54, 1.807) is 11.3 Å². The van der Waals surface area contributed by atoms with Crippen molar-refractivity contribution in [1.82, 2.24) is 19.5 Å². The maximum atomic E-state index is 8.64. The molecule has 0 atom stereocenters. The summed E-state index contributed by atoms with van der Waals surface area (Å²) in [7, 11) is 0. The van der Waals surface area contributed by atoms with Crippen molar-refractivity contribution in [2.75, 3.05) is 0 Å². The third kappa shape index (κ3) is 4.47. The Morgan fingerprint density at radius 1 is 0.431 bits per heavy atom. The van der Waals surface area contributed by atoms with Gasteiger partial charge in [0.2, 0.25) is 0 Å². The Hall–Kier alpha value is -6.21. The van der Waals surface area contributed by atoms with Gasteiger partial charge in [-0.25, -0.2) is 15.0 Å². The van der Waals surface area contributed by atoms with Gasteiger partial charge in [0, 0.05) is 73.5 Å². The van der Waals surface area contributed by atoms with Gasteiger partial charge >= 0.3 is 0 Å². The van der Waals surface area contributed by atoms with E-state index in [-0.39, 0.29) is 23.5 Å². The minimum Gasteiger partial charge on any atom is -0.309 e. The SMILES string of the molecule is [2H]c1c([2H])c([2H])c(-c2nc(-c3ccccc3)nc(-c3ccc4c(c3)sc3ccc(-n5c6ccccc6c6c7c(ccc65)sc5ccccc57)cc34)n2)c([2H])c1[2H]. The minimum atomic E-state index is -0.466. The Kier molecular flexibility index (Phi) is 5.25. The van der Waals surface area contributed by atoms with E-state index in [2.05, 4.69) is 101 Å². The van der Waals surface area contributed by atoms with E-state index in [1.165, 1.54) is 36.5 Å². The average Bonchev–Trinajstić information content (AvgIpc) is 3.91. The first-order chi connectivity index (χ1) is 27.3. The van der Waals surface area contributed by atoms with Gasteiger partial charge in [-0.05, 0) is 48.5 Å². The summed E-state index contributed by atoms with van der Waals surface area (Å²) in [5.74, 6) is 0.710. The van der Waals surface area contributed by atoms with Gasteiger partial charge in [0.25, 0.3) is 0 Å². The van der Waals surface area contributed by atoms with E-state index >= 15 is 0 Å². The first-order valence-electron chi connectivity index (χ1n) is 19.0. The predicted molar refractivity (Wildman–Crippen MR) is 216 cm³/mol. The van der Waals surface area contributed by atoms with Crippen molar-refractivity contribution in [2.24, 2.45) is 0 Å². The minimum absolute atomic E-state index is 0.0193. The van der Waals surface area contributed by atoms with E-state index in [1.807, 2.05) is 47.7 Å². The zero-order chi connectivity index (χ0) is 37.8. The number of benzene rings is 7. The highest BCUT2D eigenvalue weighted by molar-refractivity contribution is 7.26. The van der Waals surface area contributed by atoms with Crippen molar-refractivity contribution in [1.29, 1.82) is 0 Å². The van der Waals surface area contributed by atoms with Gasteiger partial charge in [-0.2, -0.15) is 0 Å². The fourth-order valence-corrected chi connectivity index (χ4v) is 9.53. The first-order valence-corrected chi connectivity index (χ1v) is 18.2. The summed E-state index contributed by atoms with van der Waals surface area (Å²) in [5, 5.41) is 7.33. The van der Waals surface area contributed by atoms with Crippen molar-refractivity contribution in [2.45, 2.75) is 0 Å². The lowest BCUT2D eigenvalue weighted by Crippen LogP contribution is -1.99. The number of rotatable bonds is 4. The van der Waals surface area contributed by atoms with Gasteiger partial charge in [0.05, 0.1) is 17.9 Å². The summed E-state index contributed by atoms with van der Waals surface area (Å²) in [5.41, 5.74) is 4.79. The molecule has 4 heterocycles. The number of nitrogens with zero attached hydrogens (tertiary/aromatic N) is 4. The topological polar surface area (TPSA) is 43.6 Å². The summed E-state index contributed by atoms with van der Waals surface area (Å²) < 4.78 is 49.1. The number of thiophene rings is 2. The van der Waals surface area contributed by atoms with Crippen molar-refractivity contribution in [3.63, 3.8) is 0 Å². The maximum Gasteiger partial charge on any atom is 0.164 e. The number of hydrogen-bond donors (Lipinski definition) is 0. The smallest absolute Gasteiger partial charge is 0.164 e. The number of hydrogen-bond acceptors (Lipinski definition) is 5. The molecule has 0 bridgehead atoms. The standard InChI is InChI=1S/C45H26N4S2/c1-3-11-27(12-4-1)43-46-44(28-13-5-2-6-14-28)48-45(47-43)29-19-21-31-34-26-30(20-23-38(34)51-40(31)25-29)49-35-17-9-7-15-32(35)41-36(49)22-24-39-42(41)33-16-8-10-18-37(33)50-39/h1-26H/i1D,3D,4D,11D,12D. The van der Waals surface area contributed by atoms with Gasteiger partial charge in [-0.15, -0.1) is 22.7 Å². The van der Waals surface area contributed by atoms with Crippen LogP contribution in [0, 0.1) is 0 Å². The molecule has 0 spiro atoms. The lowest BCUT2D eigenvalue weighted by Gasteiger charge is -2.09. The molecule has 0 fully saturated rings. The molecular formula is C45H26N4S2. The molecule has 7 aromatic carbocycles. The molecule has 0 saturated heterocycles. The van der Waals surface area contributed by atoms with Crippen molar-refractivity contribution >= 4 is 84.8 Å². The molecule has 4 nitrogen and oxygen atoms in total. The van der Waals surface area contributed by atoms with Crippen LogP contribution < -0.4 is 0 Å². The van der Waals surface area contributed by atoms with Crippen LogP contribution in [0.3, 0.4) is 0 Å². The Morgan fingerprint density at radius 3 is 1.98 bits per heavy atom. The van der Waals surface area contributed by atoms with Gasteiger partial charge in [0.15, 0.2) is 17.5 Å². The van der Waals surface area contributed by atoms with Crippen LogP contribution in [0.1, 0.15) is 6.85 Å². The predicted octanol–water partition coefficient (Wildman–Crippen LogP) is 12.7. The molecule has 0 unspecified atom stereocenters. The van der Waals surface area contributed by atoms with Crippen molar-refractivity contribution in [3.05, 3.63) is 158 Å². The maximum absolute atomic E-state index is 8.64. The van der Waals surface area contributed by atoms with Crippen LogP contribution >= 0.6 is 22.7 Å². The summed E-state index contributed by atoms with van der Waals surface area (Å²) in [6.45, 7) is 0. The second kappa shape index (κ2) is 11.2. The Balaban J connectivity index is 1.09. The molecule has 0 aliphatic carbocycles. The number of fused-ring (bicyclic) bond motifs is 10. The molecule has 4 aromatic heterocycles. The van der Waals surface area contributed by atoms with Gasteiger partial charge in [0.1, 0.15) is 0 Å². The Morgan fingerprint density at radius 2 is 1.12 bits per heavy atom. The van der Waals surface area contributed by atoms with E-state index in [0.717, 1.165) is 42.5 Å². The lowest BCUT2D eigenvalue weighted by molar-refractivity contribution is 1.07. The van der Waals surface area contributed by atoms with Crippen LogP contribution in [0.25, 0.3) is 102 Å². The summed E-state index contributed by atoms with van der Waals surface area (Å²) in [6.07, 6.45) is 0. The van der Waals surface area contributed by atoms with Crippen LogP contribution in [0.4, 0.5) is 0 Å². The van der Waals surface area contributed by atoms with Gasteiger partial charge < -0.3 is 4.57 Å². The fourth-order valence-electron chi connectivity index (χ4n) is 7.29. The average molecular weight is 692 g/mol. The second-order valence-corrected chi connectivity index (χ2v) is 14.6. The summed E-state index contributed by atoms with van der Waals surface area (Å²) in [6, 6.07) is 42.0. The zero-order valence-electron chi connectivity index (χ0n) is 31.7. The van der Waals surface area contributed by atoms with E-state index in [4.69, 9.17) is 16.8 Å². The Bertz CT molecular complexity index is 3420. The highest BCUT2D eigenvalue weighted by Gasteiger charge is 2.19. The van der Waals surface area contributed by atoms with Crippen molar-refractivity contribution < 1.29 is 6.85 Å². The lowest BCUT2D eigenvalue weighted by atomic mass is 10.1. The van der Waals surface area contributed by atoms with Crippen LogP contribution in [0.15, 0.2) is 158 Å². The van der Waals surface area contributed by atoms with Crippen LogP contribution in [-0.4, -0.2) is 19.5 Å². The van der Waals surface area contributed by atoms with Crippen molar-refractivity contribution in [3.8, 4) is 39.9 Å². The normalized spacial score (nSPS) is 13.3.